The second-order valence-corrected chi connectivity index (χ2v) is 5.28. The van der Waals surface area contributed by atoms with Crippen LogP contribution in [0.25, 0.3) is 0 Å². The standard InChI is InChI=1S/C15H12BrClO3/c1-19-12-4-3-5-13(20-2)14(12)15(18)10-8-9(17)6-7-11(10)16/h3-8H,1-2H3. The van der Waals surface area contributed by atoms with E-state index in [1.165, 1.54) is 14.2 Å². The average Bonchev–Trinajstić information content (AvgIpc) is 2.48. The molecule has 5 heteroatoms. The summed E-state index contributed by atoms with van der Waals surface area (Å²) in [6, 6.07) is 10.3. The maximum absolute atomic E-state index is 12.7. The molecule has 104 valence electrons. The second-order valence-electron chi connectivity index (χ2n) is 3.99. The molecule has 0 aliphatic heterocycles. The number of rotatable bonds is 4. The molecule has 0 spiro atoms. The van der Waals surface area contributed by atoms with Crippen LogP contribution in [0.1, 0.15) is 15.9 Å². The lowest BCUT2D eigenvalue weighted by atomic mass is 10.0. The van der Waals surface area contributed by atoms with Gasteiger partial charge in [0.25, 0.3) is 0 Å². The van der Waals surface area contributed by atoms with Crippen molar-refractivity contribution in [3.63, 3.8) is 0 Å². The number of ether oxygens (including phenoxy) is 2. The number of hydrogen-bond donors (Lipinski definition) is 0. The van der Waals surface area contributed by atoms with Gasteiger partial charge in [-0.2, -0.15) is 0 Å². The van der Waals surface area contributed by atoms with E-state index in [0.29, 0.717) is 32.1 Å². The fourth-order valence-electron chi connectivity index (χ4n) is 1.88. The number of methoxy groups -OCH3 is 2. The molecule has 2 rings (SSSR count). The largest absolute Gasteiger partial charge is 0.496 e. The molecular formula is C15H12BrClO3. The zero-order valence-corrected chi connectivity index (χ0v) is 13.3. The molecule has 0 unspecified atom stereocenters. The summed E-state index contributed by atoms with van der Waals surface area (Å²) in [4.78, 5) is 12.7. The normalized spacial score (nSPS) is 10.2. The molecular weight excluding hydrogens is 344 g/mol. The lowest BCUT2D eigenvalue weighted by molar-refractivity contribution is 0.103. The van der Waals surface area contributed by atoms with E-state index >= 15 is 0 Å². The molecule has 0 aliphatic carbocycles. The van der Waals surface area contributed by atoms with Gasteiger partial charge in [-0.05, 0) is 30.3 Å². The first-order valence-corrected chi connectivity index (χ1v) is 6.96. The molecule has 0 saturated carbocycles. The lowest BCUT2D eigenvalue weighted by Gasteiger charge is -2.13. The Balaban J connectivity index is 2.61. The Morgan fingerprint density at radius 1 is 1.10 bits per heavy atom. The Morgan fingerprint density at radius 3 is 2.25 bits per heavy atom. The van der Waals surface area contributed by atoms with Crippen molar-refractivity contribution in [2.24, 2.45) is 0 Å². The Bertz CT molecular complexity index is 633. The second kappa shape index (κ2) is 6.29. The van der Waals surface area contributed by atoms with Crippen LogP contribution in [0.15, 0.2) is 40.9 Å². The summed E-state index contributed by atoms with van der Waals surface area (Å²) in [5, 5.41) is 0.491. The molecule has 0 aliphatic rings. The molecule has 0 bridgehead atoms. The molecule has 20 heavy (non-hydrogen) atoms. The predicted octanol–water partition coefficient (Wildman–Crippen LogP) is 4.35. The number of hydrogen-bond acceptors (Lipinski definition) is 3. The summed E-state index contributed by atoms with van der Waals surface area (Å²) >= 11 is 9.32. The van der Waals surface area contributed by atoms with Crippen molar-refractivity contribution < 1.29 is 14.3 Å². The average molecular weight is 356 g/mol. The van der Waals surface area contributed by atoms with Crippen molar-refractivity contribution in [1.29, 1.82) is 0 Å². The molecule has 2 aromatic carbocycles. The smallest absolute Gasteiger partial charge is 0.201 e. The molecule has 0 amide bonds. The van der Waals surface area contributed by atoms with Gasteiger partial charge in [-0.15, -0.1) is 0 Å². The van der Waals surface area contributed by atoms with Crippen LogP contribution in [0.5, 0.6) is 11.5 Å². The highest BCUT2D eigenvalue weighted by molar-refractivity contribution is 9.10. The third-order valence-corrected chi connectivity index (χ3v) is 3.75. The molecule has 0 heterocycles. The minimum Gasteiger partial charge on any atom is -0.496 e. The van der Waals surface area contributed by atoms with E-state index < -0.39 is 0 Å². The highest BCUT2D eigenvalue weighted by atomic mass is 79.9. The van der Waals surface area contributed by atoms with Crippen LogP contribution in [0.4, 0.5) is 0 Å². The summed E-state index contributed by atoms with van der Waals surface area (Å²) in [6.07, 6.45) is 0. The minimum atomic E-state index is -0.214. The van der Waals surface area contributed by atoms with Crippen molar-refractivity contribution in [3.05, 3.63) is 57.0 Å². The number of ketones is 1. The van der Waals surface area contributed by atoms with Crippen LogP contribution in [0, 0.1) is 0 Å². The van der Waals surface area contributed by atoms with Gasteiger partial charge in [0.1, 0.15) is 17.1 Å². The Labute approximate surface area is 130 Å². The number of benzene rings is 2. The summed E-state index contributed by atoms with van der Waals surface area (Å²) < 4.78 is 11.2. The van der Waals surface area contributed by atoms with Gasteiger partial charge < -0.3 is 9.47 Å². The maximum atomic E-state index is 12.7. The van der Waals surface area contributed by atoms with Gasteiger partial charge in [0.05, 0.1) is 14.2 Å². The Morgan fingerprint density at radius 2 is 1.70 bits per heavy atom. The van der Waals surface area contributed by atoms with Crippen LogP contribution >= 0.6 is 27.5 Å². The predicted molar refractivity (Wildman–Crippen MR) is 82.1 cm³/mol. The molecule has 3 nitrogen and oxygen atoms in total. The van der Waals surface area contributed by atoms with E-state index in [9.17, 15) is 4.79 Å². The van der Waals surface area contributed by atoms with Crippen molar-refractivity contribution >= 4 is 33.3 Å². The number of carbonyl (C=O) groups is 1. The van der Waals surface area contributed by atoms with Crippen molar-refractivity contribution in [3.8, 4) is 11.5 Å². The van der Waals surface area contributed by atoms with E-state index in [0.717, 1.165) is 0 Å². The molecule has 0 radical (unpaired) electrons. The van der Waals surface area contributed by atoms with Gasteiger partial charge in [0.15, 0.2) is 0 Å². The molecule has 0 saturated heterocycles. The van der Waals surface area contributed by atoms with E-state index in [4.69, 9.17) is 21.1 Å². The molecule has 0 aromatic heterocycles. The topological polar surface area (TPSA) is 35.5 Å². The minimum absolute atomic E-state index is 0.214. The molecule has 2 aromatic rings. The number of carbonyl (C=O) groups excluding carboxylic acids is 1. The van der Waals surface area contributed by atoms with E-state index in [1.54, 1.807) is 36.4 Å². The first-order chi connectivity index (χ1) is 9.58. The van der Waals surface area contributed by atoms with Crippen LogP contribution in [0.2, 0.25) is 5.02 Å². The quantitative estimate of drug-likeness (QED) is 0.765. The third kappa shape index (κ3) is 2.81. The van der Waals surface area contributed by atoms with Gasteiger partial charge in [-0.25, -0.2) is 0 Å². The van der Waals surface area contributed by atoms with Gasteiger partial charge in [-0.1, -0.05) is 33.6 Å². The van der Waals surface area contributed by atoms with Gasteiger partial charge in [0.2, 0.25) is 5.78 Å². The van der Waals surface area contributed by atoms with E-state index in [2.05, 4.69) is 15.9 Å². The molecule has 0 fully saturated rings. The van der Waals surface area contributed by atoms with Gasteiger partial charge in [-0.3, -0.25) is 4.79 Å². The highest BCUT2D eigenvalue weighted by Crippen LogP contribution is 2.33. The van der Waals surface area contributed by atoms with Crippen LogP contribution < -0.4 is 9.47 Å². The summed E-state index contributed by atoms with van der Waals surface area (Å²) in [6.45, 7) is 0. The van der Waals surface area contributed by atoms with Crippen molar-refractivity contribution in [1.82, 2.24) is 0 Å². The van der Waals surface area contributed by atoms with E-state index in [-0.39, 0.29) is 5.78 Å². The van der Waals surface area contributed by atoms with Crippen molar-refractivity contribution in [2.45, 2.75) is 0 Å². The highest BCUT2D eigenvalue weighted by Gasteiger charge is 2.21. The van der Waals surface area contributed by atoms with E-state index in [1.807, 2.05) is 0 Å². The van der Waals surface area contributed by atoms with Crippen LogP contribution in [-0.2, 0) is 0 Å². The summed E-state index contributed by atoms with van der Waals surface area (Å²) in [5.41, 5.74) is 0.834. The van der Waals surface area contributed by atoms with Crippen LogP contribution in [0.3, 0.4) is 0 Å². The Hall–Kier alpha value is -1.52. The summed E-state index contributed by atoms with van der Waals surface area (Å²) in [5.74, 6) is 0.705. The first kappa shape index (κ1) is 14.9. The number of halogens is 2. The Kier molecular flexibility index (Phi) is 4.68. The molecule has 0 N–H and O–H groups in total. The first-order valence-electron chi connectivity index (χ1n) is 5.79. The zero-order valence-electron chi connectivity index (χ0n) is 10.9. The molecule has 0 atom stereocenters. The van der Waals surface area contributed by atoms with Crippen molar-refractivity contribution in [2.75, 3.05) is 14.2 Å². The lowest BCUT2D eigenvalue weighted by Crippen LogP contribution is -2.07. The van der Waals surface area contributed by atoms with Crippen LogP contribution in [-0.4, -0.2) is 20.0 Å². The third-order valence-electron chi connectivity index (χ3n) is 2.83. The maximum Gasteiger partial charge on any atom is 0.201 e. The SMILES string of the molecule is COc1cccc(OC)c1C(=O)c1cc(Cl)ccc1Br. The fraction of sp³-hybridized carbons (Fsp3) is 0.133. The van der Waals surface area contributed by atoms with Gasteiger partial charge >= 0.3 is 0 Å². The fourth-order valence-corrected chi connectivity index (χ4v) is 2.48. The summed E-state index contributed by atoms with van der Waals surface area (Å²) in [7, 11) is 3.02. The monoisotopic (exact) mass is 354 g/mol. The zero-order chi connectivity index (χ0) is 14.7. The van der Waals surface area contributed by atoms with Gasteiger partial charge in [0, 0.05) is 15.1 Å².